The van der Waals surface area contributed by atoms with E-state index in [9.17, 15) is 0 Å². The van der Waals surface area contributed by atoms with E-state index in [1.807, 2.05) is 25.1 Å². The van der Waals surface area contributed by atoms with E-state index < -0.39 is 0 Å². The molecule has 102 valence electrons. The summed E-state index contributed by atoms with van der Waals surface area (Å²) in [5.74, 6) is 1.52. The Morgan fingerprint density at radius 2 is 2.00 bits per heavy atom. The zero-order valence-corrected chi connectivity index (χ0v) is 11.7. The van der Waals surface area contributed by atoms with Crippen molar-refractivity contribution in [1.82, 2.24) is 0 Å². The van der Waals surface area contributed by atoms with E-state index in [-0.39, 0.29) is 0 Å². The fourth-order valence-corrected chi connectivity index (χ4v) is 1.69. The number of nitrogens with one attached hydrogen (secondary N) is 1. The first kappa shape index (κ1) is 14.6. The highest BCUT2D eigenvalue weighted by Crippen LogP contribution is 2.30. The smallest absolute Gasteiger partial charge is 0.163 e. The molecule has 0 aliphatic carbocycles. The van der Waals surface area contributed by atoms with E-state index in [4.69, 9.17) is 14.2 Å². The molecule has 1 rings (SSSR count). The third-order valence-electron chi connectivity index (χ3n) is 2.63. The molecule has 1 unspecified atom stereocenters. The average Bonchev–Trinajstić information content (AvgIpc) is 2.37. The summed E-state index contributed by atoms with van der Waals surface area (Å²) in [6.45, 7) is 5.46. The Balaban J connectivity index is 2.68. The van der Waals surface area contributed by atoms with Gasteiger partial charge in [-0.25, -0.2) is 0 Å². The van der Waals surface area contributed by atoms with Crippen molar-refractivity contribution < 1.29 is 14.2 Å². The molecule has 0 radical (unpaired) electrons. The third kappa shape index (κ3) is 4.45. The molecule has 0 heterocycles. The minimum atomic E-state index is 0.354. The molecule has 0 aromatic heterocycles. The fourth-order valence-electron chi connectivity index (χ4n) is 1.69. The van der Waals surface area contributed by atoms with Crippen molar-refractivity contribution in [1.29, 1.82) is 0 Å². The van der Waals surface area contributed by atoms with Gasteiger partial charge in [0.1, 0.15) is 0 Å². The largest absolute Gasteiger partial charge is 0.493 e. The summed E-state index contributed by atoms with van der Waals surface area (Å²) in [5.41, 5.74) is 1.03. The van der Waals surface area contributed by atoms with Gasteiger partial charge in [0, 0.05) is 31.5 Å². The number of hydrogen-bond donors (Lipinski definition) is 1. The van der Waals surface area contributed by atoms with Gasteiger partial charge in [-0.1, -0.05) is 0 Å². The Morgan fingerprint density at radius 3 is 2.61 bits per heavy atom. The minimum absolute atomic E-state index is 0.354. The predicted molar refractivity (Wildman–Crippen MR) is 73.7 cm³/mol. The quantitative estimate of drug-likeness (QED) is 0.773. The van der Waals surface area contributed by atoms with E-state index in [1.165, 1.54) is 0 Å². The number of methoxy groups -OCH3 is 2. The highest BCUT2D eigenvalue weighted by atomic mass is 16.5. The lowest BCUT2D eigenvalue weighted by atomic mass is 10.2. The standard InChI is InChI=1S/C14H23NO3/c1-5-18-14-10-12(6-7-13(14)17-4)15-11(2)8-9-16-3/h6-7,10-11,15H,5,8-9H2,1-4H3. The van der Waals surface area contributed by atoms with Crippen LogP contribution in [0.15, 0.2) is 18.2 Å². The summed E-state index contributed by atoms with van der Waals surface area (Å²) in [6.07, 6.45) is 0.965. The van der Waals surface area contributed by atoms with E-state index in [2.05, 4.69) is 12.2 Å². The van der Waals surface area contributed by atoms with E-state index in [0.717, 1.165) is 30.2 Å². The molecule has 0 spiro atoms. The van der Waals surface area contributed by atoms with Crippen LogP contribution in [-0.4, -0.2) is 33.5 Å². The van der Waals surface area contributed by atoms with Gasteiger partial charge >= 0.3 is 0 Å². The molecular formula is C14H23NO3. The Hall–Kier alpha value is -1.42. The SMILES string of the molecule is CCOc1cc(NC(C)CCOC)ccc1OC. The zero-order chi connectivity index (χ0) is 13.4. The van der Waals surface area contributed by atoms with Gasteiger partial charge in [0.25, 0.3) is 0 Å². The molecule has 0 saturated heterocycles. The van der Waals surface area contributed by atoms with Gasteiger partial charge in [-0.3, -0.25) is 0 Å². The topological polar surface area (TPSA) is 39.7 Å². The van der Waals surface area contributed by atoms with Gasteiger partial charge < -0.3 is 19.5 Å². The van der Waals surface area contributed by atoms with Gasteiger partial charge in [0.2, 0.25) is 0 Å². The summed E-state index contributed by atoms with van der Waals surface area (Å²) in [6, 6.07) is 6.22. The highest BCUT2D eigenvalue weighted by molar-refractivity contribution is 5.55. The summed E-state index contributed by atoms with van der Waals surface area (Å²) in [4.78, 5) is 0. The molecule has 1 aromatic rings. The lowest BCUT2D eigenvalue weighted by Gasteiger charge is -2.17. The van der Waals surface area contributed by atoms with E-state index >= 15 is 0 Å². The third-order valence-corrected chi connectivity index (χ3v) is 2.63. The van der Waals surface area contributed by atoms with Crippen LogP contribution < -0.4 is 14.8 Å². The molecule has 1 atom stereocenters. The van der Waals surface area contributed by atoms with Crippen LogP contribution in [0.3, 0.4) is 0 Å². The first-order valence-electron chi connectivity index (χ1n) is 6.27. The van der Waals surface area contributed by atoms with Gasteiger partial charge in [-0.15, -0.1) is 0 Å². The van der Waals surface area contributed by atoms with Crippen LogP contribution in [0.25, 0.3) is 0 Å². The van der Waals surface area contributed by atoms with Crippen LogP contribution in [0.4, 0.5) is 5.69 Å². The maximum atomic E-state index is 5.54. The fraction of sp³-hybridized carbons (Fsp3) is 0.571. The number of anilines is 1. The van der Waals surface area contributed by atoms with Gasteiger partial charge in [-0.05, 0) is 32.4 Å². The van der Waals surface area contributed by atoms with E-state index in [0.29, 0.717) is 12.6 Å². The molecular weight excluding hydrogens is 230 g/mol. The predicted octanol–water partition coefficient (Wildman–Crippen LogP) is 2.93. The lowest BCUT2D eigenvalue weighted by molar-refractivity contribution is 0.191. The second-order valence-electron chi connectivity index (χ2n) is 4.13. The molecule has 0 bridgehead atoms. The van der Waals surface area contributed by atoms with Crippen LogP contribution in [0.1, 0.15) is 20.3 Å². The molecule has 4 nitrogen and oxygen atoms in total. The van der Waals surface area contributed by atoms with Gasteiger partial charge in [-0.2, -0.15) is 0 Å². The maximum Gasteiger partial charge on any atom is 0.163 e. The first-order valence-corrected chi connectivity index (χ1v) is 6.27. The van der Waals surface area contributed by atoms with Gasteiger partial charge in [0.05, 0.1) is 13.7 Å². The second-order valence-corrected chi connectivity index (χ2v) is 4.13. The summed E-state index contributed by atoms with van der Waals surface area (Å²) in [7, 11) is 3.36. The summed E-state index contributed by atoms with van der Waals surface area (Å²) < 4.78 is 15.9. The Bertz CT molecular complexity index is 355. The van der Waals surface area contributed by atoms with Crippen molar-refractivity contribution in [2.24, 2.45) is 0 Å². The second kappa shape index (κ2) is 7.82. The minimum Gasteiger partial charge on any atom is -0.493 e. The van der Waals surface area contributed by atoms with Crippen molar-refractivity contribution in [2.45, 2.75) is 26.3 Å². The van der Waals surface area contributed by atoms with Crippen molar-refractivity contribution in [2.75, 3.05) is 32.8 Å². The number of hydrogen-bond acceptors (Lipinski definition) is 4. The van der Waals surface area contributed by atoms with Crippen LogP contribution in [-0.2, 0) is 4.74 Å². The molecule has 4 heteroatoms. The first-order chi connectivity index (χ1) is 8.71. The van der Waals surface area contributed by atoms with Crippen LogP contribution in [0, 0.1) is 0 Å². The molecule has 0 aliphatic heterocycles. The van der Waals surface area contributed by atoms with Crippen molar-refractivity contribution >= 4 is 5.69 Å². The Kier molecular flexibility index (Phi) is 6.36. The normalized spacial score (nSPS) is 12.0. The van der Waals surface area contributed by atoms with Gasteiger partial charge in [0.15, 0.2) is 11.5 Å². The number of benzene rings is 1. The zero-order valence-electron chi connectivity index (χ0n) is 11.7. The molecule has 1 aromatic carbocycles. The van der Waals surface area contributed by atoms with Crippen molar-refractivity contribution in [3.05, 3.63) is 18.2 Å². The monoisotopic (exact) mass is 253 g/mol. The van der Waals surface area contributed by atoms with Crippen LogP contribution >= 0.6 is 0 Å². The van der Waals surface area contributed by atoms with Crippen LogP contribution in [0.2, 0.25) is 0 Å². The number of rotatable bonds is 8. The highest BCUT2D eigenvalue weighted by Gasteiger charge is 2.07. The molecule has 18 heavy (non-hydrogen) atoms. The van der Waals surface area contributed by atoms with Crippen molar-refractivity contribution in [3.63, 3.8) is 0 Å². The average molecular weight is 253 g/mol. The van der Waals surface area contributed by atoms with Crippen LogP contribution in [0.5, 0.6) is 11.5 Å². The Labute approximate surface area is 109 Å². The molecule has 0 amide bonds. The van der Waals surface area contributed by atoms with E-state index in [1.54, 1.807) is 14.2 Å². The summed E-state index contributed by atoms with van der Waals surface area (Å²) >= 11 is 0. The molecule has 1 N–H and O–H groups in total. The lowest BCUT2D eigenvalue weighted by Crippen LogP contribution is -2.17. The van der Waals surface area contributed by atoms with Crippen molar-refractivity contribution in [3.8, 4) is 11.5 Å². The number of ether oxygens (including phenoxy) is 3. The molecule has 0 aliphatic rings. The maximum absolute atomic E-state index is 5.54. The Morgan fingerprint density at radius 1 is 1.22 bits per heavy atom. The molecule has 0 saturated carbocycles. The molecule has 0 fully saturated rings. The summed E-state index contributed by atoms with van der Waals surface area (Å²) in [5, 5.41) is 3.41.